The predicted molar refractivity (Wildman–Crippen MR) is 98.8 cm³/mol. The number of ether oxygens (including phenoxy) is 1. The molecule has 0 aliphatic rings. The summed E-state index contributed by atoms with van der Waals surface area (Å²) >= 11 is 0. The molecule has 3 amide bonds. The number of nitrogens with one attached hydrogen (secondary N) is 2. The van der Waals surface area contributed by atoms with E-state index in [4.69, 9.17) is 15.6 Å². The minimum absolute atomic E-state index is 0.0873. The van der Waals surface area contributed by atoms with E-state index in [0.29, 0.717) is 6.54 Å². The third-order valence-electron chi connectivity index (χ3n) is 3.62. The van der Waals surface area contributed by atoms with Crippen LogP contribution in [0.3, 0.4) is 0 Å². The van der Waals surface area contributed by atoms with Gasteiger partial charge in [-0.25, -0.2) is 4.79 Å². The zero-order chi connectivity index (χ0) is 19.9. The Morgan fingerprint density at radius 1 is 1.12 bits per heavy atom. The van der Waals surface area contributed by atoms with Crippen LogP contribution >= 0.6 is 0 Å². The molecule has 0 heterocycles. The lowest BCUT2D eigenvalue weighted by molar-refractivity contribution is -0.136. The number of rotatable bonds is 9. The number of urea groups is 1. The summed E-state index contributed by atoms with van der Waals surface area (Å²) in [6.07, 6.45) is 1.65. The number of carboxylic acids is 1. The molecule has 5 N–H and O–H groups in total. The molecule has 26 heavy (non-hydrogen) atoms. The molecule has 0 aliphatic carbocycles. The van der Waals surface area contributed by atoms with E-state index >= 15 is 0 Å². The lowest BCUT2D eigenvalue weighted by atomic mass is 10.0. The highest BCUT2D eigenvalue weighted by Crippen LogP contribution is 2.10. The minimum Gasteiger partial charge on any atom is -0.497 e. The molecule has 146 valence electrons. The fourth-order valence-electron chi connectivity index (χ4n) is 1.96. The molecule has 0 saturated heterocycles. The summed E-state index contributed by atoms with van der Waals surface area (Å²) in [6.45, 7) is 4.44. The third kappa shape index (κ3) is 10.9. The summed E-state index contributed by atoms with van der Waals surface area (Å²) in [6, 6.07) is 6.91. The fourth-order valence-corrected chi connectivity index (χ4v) is 1.96. The van der Waals surface area contributed by atoms with Crippen LogP contribution in [0.5, 0.6) is 5.75 Å². The molecule has 0 aliphatic heterocycles. The number of aliphatic carboxylic acids is 1. The first-order valence-corrected chi connectivity index (χ1v) is 8.49. The van der Waals surface area contributed by atoms with E-state index in [2.05, 4.69) is 10.6 Å². The summed E-state index contributed by atoms with van der Waals surface area (Å²) in [4.78, 5) is 31.9. The van der Waals surface area contributed by atoms with E-state index in [9.17, 15) is 14.4 Å². The van der Waals surface area contributed by atoms with Crippen LogP contribution in [-0.4, -0.2) is 36.7 Å². The number of amides is 3. The monoisotopic (exact) mass is 367 g/mol. The predicted octanol–water partition coefficient (Wildman–Crippen LogP) is 1.88. The molecule has 8 heteroatoms. The zero-order valence-electron chi connectivity index (χ0n) is 15.6. The number of primary amides is 1. The first-order chi connectivity index (χ1) is 12.3. The molecule has 1 aromatic carbocycles. The second-order valence-electron chi connectivity index (χ2n) is 5.52. The molecule has 0 unspecified atom stereocenters. The Hall–Kier alpha value is -2.77. The highest BCUT2D eigenvalue weighted by molar-refractivity contribution is 5.76. The molecule has 0 bridgehead atoms. The Kier molecular flexibility index (Phi) is 12.1. The number of methoxy groups -OCH3 is 1. The van der Waals surface area contributed by atoms with E-state index in [1.807, 2.05) is 26.0 Å². The van der Waals surface area contributed by atoms with Gasteiger partial charge in [0.25, 0.3) is 0 Å². The molecular weight excluding hydrogens is 338 g/mol. The van der Waals surface area contributed by atoms with Crippen LogP contribution in [0, 0.1) is 5.92 Å². The molecule has 1 aromatic rings. The second kappa shape index (κ2) is 13.5. The number of benzene rings is 1. The quantitative estimate of drug-likeness (QED) is 0.529. The summed E-state index contributed by atoms with van der Waals surface area (Å²) in [7, 11) is 1.59. The van der Waals surface area contributed by atoms with Crippen LogP contribution in [0.1, 0.15) is 38.7 Å². The van der Waals surface area contributed by atoms with Gasteiger partial charge in [-0.2, -0.15) is 0 Å². The van der Waals surface area contributed by atoms with Crippen molar-refractivity contribution >= 4 is 17.9 Å². The van der Waals surface area contributed by atoms with Crippen LogP contribution in [-0.2, 0) is 16.1 Å². The molecule has 0 radical (unpaired) electrons. The number of carboxylic acid groups (broad SMARTS) is 1. The van der Waals surface area contributed by atoms with Gasteiger partial charge in [-0.05, 0) is 30.5 Å². The van der Waals surface area contributed by atoms with Gasteiger partial charge in [0.05, 0.1) is 13.5 Å². The fraction of sp³-hybridized carbons (Fsp3) is 0.500. The van der Waals surface area contributed by atoms with Gasteiger partial charge < -0.3 is 26.2 Å². The van der Waals surface area contributed by atoms with Gasteiger partial charge in [0.2, 0.25) is 5.91 Å². The number of carbonyl (C=O) groups is 3. The Bertz CT molecular complexity index is 556. The van der Waals surface area contributed by atoms with Gasteiger partial charge in [0, 0.05) is 19.0 Å². The summed E-state index contributed by atoms with van der Waals surface area (Å²) in [5.41, 5.74) is 5.95. The lowest BCUT2D eigenvalue weighted by Gasteiger charge is -2.07. The average molecular weight is 367 g/mol. The van der Waals surface area contributed by atoms with Crippen molar-refractivity contribution in [2.45, 2.75) is 39.7 Å². The summed E-state index contributed by atoms with van der Waals surface area (Å²) in [5.74, 6) is -0.264. The molecule has 0 atom stereocenters. The largest absolute Gasteiger partial charge is 0.497 e. The van der Waals surface area contributed by atoms with Gasteiger partial charge in [0.15, 0.2) is 0 Å². The Morgan fingerprint density at radius 3 is 2.08 bits per heavy atom. The maximum atomic E-state index is 11.3. The van der Waals surface area contributed by atoms with Gasteiger partial charge in [0.1, 0.15) is 5.75 Å². The van der Waals surface area contributed by atoms with Crippen molar-refractivity contribution in [3.63, 3.8) is 0 Å². The summed E-state index contributed by atoms with van der Waals surface area (Å²) in [5, 5.41) is 13.5. The topological polar surface area (TPSA) is 131 Å². The van der Waals surface area contributed by atoms with Crippen molar-refractivity contribution in [1.29, 1.82) is 0 Å². The third-order valence-corrected chi connectivity index (χ3v) is 3.62. The number of hydrogen-bond acceptors (Lipinski definition) is 4. The Morgan fingerprint density at radius 2 is 1.69 bits per heavy atom. The van der Waals surface area contributed by atoms with Gasteiger partial charge in [-0.3, -0.25) is 9.59 Å². The van der Waals surface area contributed by atoms with Gasteiger partial charge in [-0.1, -0.05) is 26.0 Å². The van der Waals surface area contributed by atoms with Gasteiger partial charge >= 0.3 is 12.0 Å². The molecule has 0 fully saturated rings. The van der Waals surface area contributed by atoms with E-state index in [1.54, 1.807) is 19.2 Å². The van der Waals surface area contributed by atoms with E-state index in [0.717, 1.165) is 24.2 Å². The number of hydrogen-bond donors (Lipinski definition) is 4. The van der Waals surface area contributed by atoms with E-state index in [1.165, 1.54) is 0 Å². The smallest absolute Gasteiger partial charge is 0.315 e. The molecule has 8 nitrogen and oxygen atoms in total. The maximum absolute atomic E-state index is 11.3. The van der Waals surface area contributed by atoms with Crippen molar-refractivity contribution in [2.75, 3.05) is 13.7 Å². The van der Waals surface area contributed by atoms with Crippen LogP contribution < -0.4 is 21.1 Å². The molecule has 0 saturated carbocycles. The van der Waals surface area contributed by atoms with Gasteiger partial charge in [-0.15, -0.1) is 0 Å². The van der Waals surface area contributed by atoms with Crippen LogP contribution in [0.4, 0.5) is 4.79 Å². The van der Waals surface area contributed by atoms with Crippen molar-refractivity contribution in [1.82, 2.24) is 10.6 Å². The number of carbonyl (C=O) groups excluding carboxylic acids is 2. The van der Waals surface area contributed by atoms with Crippen molar-refractivity contribution in [2.24, 2.45) is 11.7 Å². The minimum atomic E-state index is -0.939. The second-order valence-corrected chi connectivity index (χ2v) is 5.52. The standard InChI is InChI=1S/C12H16N2O4.C6H13NO/c1-18-10-4-2-9(3-5-10)8-14-12(17)13-7-6-11(15)16;1-3-5(4-2)6(7)8/h2-5H,6-8H2,1H3,(H,15,16)(H2,13,14,17);5H,3-4H2,1-2H3,(H2,7,8). The number of nitrogens with two attached hydrogens (primary N) is 1. The van der Waals surface area contributed by atoms with Crippen LogP contribution in [0.2, 0.25) is 0 Å². The van der Waals surface area contributed by atoms with Crippen molar-refractivity contribution in [3.05, 3.63) is 29.8 Å². The average Bonchev–Trinajstić information content (AvgIpc) is 2.61. The maximum Gasteiger partial charge on any atom is 0.315 e. The molecule has 0 aromatic heterocycles. The SMILES string of the molecule is CCC(CC)C(N)=O.COc1ccc(CNC(=O)NCCC(=O)O)cc1. The van der Waals surface area contributed by atoms with E-state index < -0.39 is 5.97 Å². The molecular formula is C18H29N3O5. The van der Waals surface area contributed by atoms with Crippen LogP contribution in [0.25, 0.3) is 0 Å². The highest BCUT2D eigenvalue weighted by atomic mass is 16.5. The highest BCUT2D eigenvalue weighted by Gasteiger charge is 2.07. The first-order valence-electron chi connectivity index (χ1n) is 8.49. The van der Waals surface area contributed by atoms with Crippen molar-refractivity contribution < 1.29 is 24.2 Å². The lowest BCUT2D eigenvalue weighted by Crippen LogP contribution is -2.36. The molecule has 1 rings (SSSR count). The zero-order valence-corrected chi connectivity index (χ0v) is 15.6. The van der Waals surface area contributed by atoms with Crippen molar-refractivity contribution in [3.8, 4) is 5.75 Å². The summed E-state index contributed by atoms with van der Waals surface area (Å²) < 4.78 is 5.02. The Labute approximate surface area is 154 Å². The normalized spacial score (nSPS) is 9.69. The first kappa shape index (κ1) is 23.2. The van der Waals surface area contributed by atoms with Crippen LogP contribution in [0.15, 0.2) is 24.3 Å². The Balaban J connectivity index is 0.000000660. The molecule has 0 spiro atoms. The van der Waals surface area contributed by atoms with E-state index in [-0.39, 0.29) is 30.8 Å².